The summed E-state index contributed by atoms with van der Waals surface area (Å²) >= 11 is 0. The summed E-state index contributed by atoms with van der Waals surface area (Å²) in [6.07, 6.45) is -2.66. The Bertz CT molecular complexity index is 801. The van der Waals surface area contributed by atoms with Crippen LogP contribution < -0.4 is 5.73 Å². The summed E-state index contributed by atoms with van der Waals surface area (Å²) in [6.45, 7) is 1.14. The molecular weight excluding hydrogens is 383 g/mol. The first-order valence-electron chi connectivity index (χ1n) is 7.40. The third-order valence-electron chi connectivity index (χ3n) is 3.87. The van der Waals surface area contributed by atoms with E-state index in [1.165, 1.54) is 13.2 Å². The molecule has 0 bridgehead atoms. The van der Waals surface area contributed by atoms with Crippen LogP contribution in [0.3, 0.4) is 0 Å². The van der Waals surface area contributed by atoms with Crippen molar-refractivity contribution < 1.29 is 31.0 Å². The molecule has 0 amide bonds. The minimum Gasteiger partial charge on any atom is -0.392 e. The predicted molar refractivity (Wildman–Crippen MR) is 84.8 cm³/mol. The molecule has 146 valence electrons. The van der Waals surface area contributed by atoms with E-state index in [0.29, 0.717) is 0 Å². The summed E-state index contributed by atoms with van der Waals surface area (Å²) in [5.74, 6) is -4.19. The smallest absolute Gasteiger partial charge is 0.392 e. The quantitative estimate of drug-likeness (QED) is 0.356. The highest BCUT2D eigenvalue weighted by Gasteiger charge is 2.57. The van der Waals surface area contributed by atoms with Crippen molar-refractivity contribution in [3.05, 3.63) is 29.6 Å². The lowest BCUT2D eigenvalue weighted by atomic mass is 10.2. The van der Waals surface area contributed by atoms with Crippen molar-refractivity contribution in [2.45, 2.75) is 30.7 Å². The van der Waals surface area contributed by atoms with Gasteiger partial charge in [-0.1, -0.05) is 6.07 Å². The highest BCUT2D eigenvalue weighted by molar-refractivity contribution is 7.93. The molecule has 1 fully saturated rings. The molecule has 2 rings (SSSR count). The van der Waals surface area contributed by atoms with Crippen molar-refractivity contribution in [2.24, 2.45) is 21.2 Å². The number of oxime groups is 1. The van der Waals surface area contributed by atoms with Crippen molar-refractivity contribution >= 4 is 15.7 Å². The second-order valence-corrected chi connectivity index (χ2v) is 8.59. The minimum absolute atomic E-state index is 0.264. The fraction of sp³-hybridized carbons (Fsp3) is 0.571. The van der Waals surface area contributed by atoms with E-state index in [1.807, 2.05) is 0 Å². The van der Waals surface area contributed by atoms with Crippen LogP contribution >= 0.6 is 0 Å². The van der Waals surface area contributed by atoms with Gasteiger partial charge in [-0.25, -0.2) is 13.0 Å². The zero-order valence-corrected chi connectivity index (χ0v) is 14.7. The Morgan fingerprint density at radius 1 is 1.50 bits per heavy atom. The van der Waals surface area contributed by atoms with E-state index in [1.54, 1.807) is 0 Å². The number of hydrogen-bond donors (Lipinski definition) is 1. The van der Waals surface area contributed by atoms with E-state index in [0.717, 1.165) is 18.3 Å². The molecule has 1 aliphatic rings. The molecular formula is C14H17F5N4O2S. The molecule has 0 aromatic carbocycles. The average molecular weight is 400 g/mol. The highest BCUT2D eigenvalue weighted by atomic mass is 32.2. The van der Waals surface area contributed by atoms with E-state index < -0.39 is 44.6 Å². The molecule has 26 heavy (non-hydrogen) atoms. The van der Waals surface area contributed by atoms with E-state index in [9.17, 15) is 26.2 Å². The molecule has 0 radical (unpaired) electrons. The lowest BCUT2D eigenvalue weighted by Gasteiger charge is -2.14. The van der Waals surface area contributed by atoms with E-state index in [2.05, 4.69) is 19.3 Å². The van der Waals surface area contributed by atoms with Crippen LogP contribution in [0.15, 0.2) is 27.8 Å². The summed E-state index contributed by atoms with van der Waals surface area (Å²) in [5.41, 5.74) is 4.65. The monoisotopic (exact) mass is 400 g/mol. The SMILES string of the molecule is CC(c1ccc(C(F)(F)F)nc1)S(C)(=O)=N/C(N)=N/OCC1CC1(F)F. The second kappa shape index (κ2) is 6.97. The number of nitrogens with zero attached hydrogens (tertiary/aromatic N) is 3. The summed E-state index contributed by atoms with van der Waals surface area (Å²) in [7, 11) is -3.05. The number of guanidine groups is 1. The van der Waals surface area contributed by atoms with Crippen LogP contribution in [-0.4, -0.2) is 33.9 Å². The molecule has 0 aliphatic heterocycles. The number of alkyl halides is 5. The van der Waals surface area contributed by atoms with Gasteiger partial charge in [-0.3, -0.25) is 4.98 Å². The zero-order chi connectivity index (χ0) is 19.8. The van der Waals surface area contributed by atoms with Crippen LogP contribution in [0.5, 0.6) is 0 Å². The van der Waals surface area contributed by atoms with Gasteiger partial charge in [-0.2, -0.15) is 17.5 Å². The Morgan fingerprint density at radius 2 is 2.12 bits per heavy atom. The maximum absolute atomic E-state index is 12.7. The largest absolute Gasteiger partial charge is 0.433 e. The van der Waals surface area contributed by atoms with Crippen molar-refractivity contribution in [3.63, 3.8) is 0 Å². The number of hydrogen-bond acceptors (Lipinski definition) is 4. The first-order chi connectivity index (χ1) is 11.8. The average Bonchev–Trinajstić information content (AvgIpc) is 3.12. The molecule has 3 atom stereocenters. The molecule has 6 nitrogen and oxygen atoms in total. The van der Waals surface area contributed by atoms with Gasteiger partial charge in [0.15, 0.2) is 0 Å². The Labute approximate surface area is 146 Å². The zero-order valence-electron chi connectivity index (χ0n) is 13.8. The van der Waals surface area contributed by atoms with Gasteiger partial charge in [0.05, 0.1) is 20.9 Å². The fourth-order valence-electron chi connectivity index (χ4n) is 1.99. The maximum Gasteiger partial charge on any atom is 0.433 e. The molecule has 12 heteroatoms. The molecule has 1 aliphatic carbocycles. The number of pyridine rings is 1. The predicted octanol–water partition coefficient (Wildman–Crippen LogP) is 3.16. The van der Waals surface area contributed by atoms with Crippen molar-refractivity contribution in [1.29, 1.82) is 0 Å². The van der Waals surface area contributed by atoms with Gasteiger partial charge < -0.3 is 10.6 Å². The van der Waals surface area contributed by atoms with Crippen LogP contribution in [0.2, 0.25) is 0 Å². The molecule has 2 N–H and O–H groups in total. The standard InChI is InChI=1S/C14H17F5N4O2S/c1-8(9-3-4-11(21-6-9)14(17,18)19)26(2,24)23-12(20)22-25-7-10-5-13(10,15)16/h3-4,6,8,10H,5,7H2,1-2H3,(H2,20,22). The third-order valence-corrected chi connectivity index (χ3v) is 6.00. The first kappa shape index (κ1) is 20.3. The maximum atomic E-state index is 12.7. The van der Waals surface area contributed by atoms with Crippen LogP contribution in [0, 0.1) is 5.92 Å². The lowest BCUT2D eigenvalue weighted by molar-refractivity contribution is -0.141. The van der Waals surface area contributed by atoms with Gasteiger partial charge in [0.2, 0.25) is 0 Å². The van der Waals surface area contributed by atoms with Crippen LogP contribution in [0.4, 0.5) is 22.0 Å². The van der Waals surface area contributed by atoms with E-state index >= 15 is 0 Å². The Morgan fingerprint density at radius 3 is 2.58 bits per heavy atom. The molecule has 1 aromatic heterocycles. The first-order valence-corrected chi connectivity index (χ1v) is 9.39. The van der Waals surface area contributed by atoms with Crippen molar-refractivity contribution in [3.8, 4) is 0 Å². The molecule has 0 spiro atoms. The Balaban J connectivity index is 2.07. The second-order valence-electron chi connectivity index (χ2n) is 5.98. The summed E-state index contributed by atoms with van der Waals surface area (Å²) in [5, 5.41) is 2.52. The highest BCUT2D eigenvalue weighted by Crippen LogP contribution is 2.48. The summed E-state index contributed by atoms with van der Waals surface area (Å²) in [4.78, 5) is 7.97. The minimum atomic E-state index is -4.58. The Hall–Kier alpha value is -1.98. The normalized spacial score (nSPS) is 23.0. The summed E-state index contributed by atoms with van der Waals surface area (Å²) < 4.78 is 79.3. The Kier molecular flexibility index (Phi) is 5.45. The van der Waals surface area contributed by atoms with Gasteiger partial charge in [-0.05, 0) is 23.7 Å². The summed E-state index contributed by atoms with van der Waals surface area (Å²) in [6, 6.07) is 1.93. The van der Waals surface area contributed by atoms with Crippen LogP contribution in [0.1, 0.15) is 29.9 Å². The van der Waals surface area contributed by atoms with Gasteiger partial charge in [0.1, 0.15) is 12.3 Å². The van der Waals surface area contributed by atoms with E-state index in [4.69, 9.17) is 5.73 Å². The topological polar surface area (TPSA) is 89.9 Å². The van der Waals surface area contributed by atoms with E-state index in [-0.39, 0.29) is 18.6 Å². The van der Waals surface area contributed by atoms with Crippen LogP contribution in [-0.2, 0) is 20.7 Å². The van der Waals surface area contributed by atoms with Gasteiger partial charge >= 0.3 is 6.18 Å². The molecule has 3 unspecified atom stereocenters. The van der Waals surface area contributed by atoms with Gasteiger partial charge in [-0.15, -0.1) is 0 Å². The fourth-order valence-corrected chi connectivity index (χ4v) is 3.20. The van der Waals surface area contributed by atoms with Crippen molar-refractivity contribution in [1.82, 2.24) is 4.98 Å². The number of rotatable bonds is 5. The van der Waals surface area contributed by atoms with Gasteiger partial charge in [0, 0.05) is 18.9 Å². The molecule has 1 aromatic rings. The van der Waals surface area contributed by atoms with Gasteiger partial charge in [0.25, 0.3) is 11.9 Å². The number of aromatic nitrogens is 1. The molecule has 0 saturated heterocycles. The number of nitrogens with two attached hydrogens (primary N) is 1. The number of halogens is 5. The molecule has 1 heterocycles. The van der Waals surface area contributed by atoms with Crippen molar-refractivity contribution in [2.75, 3.05) is 12.9 Å². The van der Waals surface area contributed by atoms with Crippen LogP contribution in [0.25, 0.3) is 0 Å². The third kappa shape index (κ3) is 5.02. The molecule has 1 saturated carbocycles. The lowest BCUT2D eigenvalue weighted by Crippen LogP contribution is -2.17.